The van der Waals surface area contributed by atoms with Gasteiger partial charge in [0.05, 0.1) is 6.61 Å². The molecular formula is C12H19NO2. The van der Waals surface area contributed by atoms with Crippen LogP contribution >= 0.6 is 0 Å². The fraction of sp³-hybridized carbons (Fsp3) is 0.917. The predicted molar refractivity (Wildman–Crippen MR) is 56.4 cm³/mol. The van der Waals surface area contributed by atoms with Gasteiger partial charge in [0.2, 0.25) is 5.91 Å². The van der Waals surface area contributed by atoms with Gasteiger partial charge in [-0.3, -0.25) is 4.79 Å². The maximum atomic E-state index is 11.9. The van der Waals surface area contributed by atoms with Crippen LogP contribution in [0.5, 0.6) is 0 Å². The molecule has 3 nitrogen and oxygen atoms in total. The quantitative estimate of drug-likeness (QED) is 0.688. The van der Waals surface area contributed by atoms with Crippen LogP contribution < -0.4 is 0 Å². The number of nitrogens with zero attached hydrogens (tertiary/aromatic N) is 1. The van der Waals surface area contributed by atoms with E-state index in [9.17, 15) is 4.79 Å². The van der Waals surface area contributed by atoms with Crippen LogP contribution in [0.15, 0.2) is 0 Å². The highest BCUT2D eigenvalue weighted by Gasteiger charge is 2.43. The van der Waals surface area contributed by atoms with Gasteiger partial charge >= 0.3 is 0 Å². The van der Waals surface area contributed by atoms with E-state index in [0.29, 0.717) is 17.2 Å². The first kappa shape index (κ1) is 9.64. The van der Waals surface area contributed by atoms with E-state index in [2.05, 4.69) is 4.90 Å². The maximum absolute atomic E-state index is 11.9. The molecule has 2 saturated heterocycles. The van der Waals surface area contributed by atoms with Crippen LogP contribution in [-0.4, -0.2) is 37.1 Å². The third kappa shape index (κ3) is 1.89. The number of hydrogen-bond acceptors (Lipinski definition) is 2. The molecule has 1 aliphatic carbocycles. The molecule has 0 N–H and O–H groups in total. The minimum atomic E-state index is 0.333. The fourth-order valence-electron chi connectivity index (χ4n) is 2.82. The molecule has 3 fully saturated rings. The Morgan fingerprint density at radius 3 is 2.93 bits per heavy atom. The van der Waals surface area contributed by atoms with E-state index in [-0.39, 0.29) is 0 Å². The zero-order valence-corrected chi connectivity index (χ0v) is 9.21. The summed E-state index contributed by atoms with van der Waals surface area (Å²) in [5.74, 6) is 1.11. The number of carbonyl (C=O) groups excluding carboxylic acids is 1. The number of hydrogen-bond donors (Lipinski definition) is 0. The molecule has 0 aromatic heterocycles. The van der Waals surface area contributed by atoms with Gasteiger partial charge in [-0.05, 0) is 31.6 Å². The van der Waals surface area contributed by atoms with Gasteiger partial charge in [0.1, 0.15) is 0 Å². The highest BCUT2D eigenvalue weighted by atomic mass is 16.5. The van der Waals surface area contributed by atoms with Gasteiger partial charge < -0.3 is 9.64 Å². The smallest absolute Gasteiger partial charge is 0.222 e. The SMILES string of the molecule is O=C(CC1CC1)N1CC[C@@]2(CCOC2)C1. The Labute approximate surface area is 90.8 Å². The predicted octanol–water partition coefficient (Wildman–Crippen LogP) is 1.43. The molecule has 84 valence electrons. The molecule has 0 aromatic rings. The fourth-order valence-corrected chi connectivity index (χ4v) is 2.82. The van der Waals surface area contributed by atoms with Crippen molar-refractivity contribution in [1.29, 1.82) is 0 Å². The molecule has 15 heavy (non-hydrogen) atoms. The van der Waals surface area contributed by atoms with E-state index in [0.717, 1.165) is 45.6 Å². The molecule has 0 radical (unpaired) electrons. The van der Waals surface area contributed by atoms with Crippen molar-refractivity contribution in [3.05, 3.63) is 0 Å². The lowest BCUT2D eigenvalue weighted by molar-refractivity contribution is -0.130. The molecule has 1 atom stereocenters. The Balaban J connectivity index is 1.57. The number of rotatable bonds is 2. The van der Waals surface area contributed by atoms with Crippen molar-refractivity contribution < 1.29 is 9.53 Å². The normalized spacial score (nSPS) is 35.3. The van der Waals surface area contributed by atoms with Crippen molar-refractivity contribution in [3.63, 3.8) is 0 Å². The summed E-state index contributed by atoms with van der Waals surface area (Å²) in [6.45, 7) is 3.69. The number of likely N-dealkylation sites (tertiary alicyclic amines) is 1. The van der Waals surface area contributed by atoms with E-state index in [1.807, 2.05) is 0 Å². The van der Waals surface area contributed by atoms with Crippen LogP contribution in [0.3, 0.4) is 0 Å². The van der Waals surface area contributed by atoms with Gasteiger partial charge in [0.25, 0.3) is 0 Å². The Morgan fingerprint density at radius 1 is 1.40 bits per heavy atom. The van der Waals surface area contributed by atoms with Crippen molar-refractivity contribution in [3.8, 4) is 0 Å². The number of carbonyl (C=O) groups is 1. The molecule has 3 heteroatoms. The van der Waals surface area contributed by atoms with Gasteiger partial charge in [-0.25, -0.2) is 0 Å². The molecular weight excluding hydrogens is 190 g/mol. The zero-order valence-electron chi connectivity index (χ0n) is 9.21. The summed E-state index contributed by atoms with van der Waals surface area (Å²) >= 11 is 0. The second kappa shape index (κ2) is 3.48. The van der Waals surface area contributed by atoms with Crippen LogP contribution in [0.2, 0.25) is 0 Å². The summed E-state index contributed by atoms with van der Waals surface area (Å²) in [5, 5.41) is 0. The molecule has 0 aromatic carbocycles. The van der Waals surface area contributed by atoms with Gasteiger partial charge in [-0.1, -0.05) is 0 Å². The van der Waals surface area contributed by atoms with Crippen molar-refractivity contribution in [1.82, 2.24) is 4.90 Å². The van der Waals surface area contributed by atoms with Crippen LogP contribution in [0, 0.1) is 11.3 Å². The summed E-state index contributed by atoms with van der Waals surface area (Å²) in [6, 6.07) is 0. The second-order valence-electron chi connectivity index (χ2n) is 5.52. The monoisotopic (exact) mass is 209 g/mol. The van der Waals surface area contributed by atoms with Gasteiger partial charge in [0, 0.05) is 31.5 Å². The first-order chi connectivity index (χ1) is 7.27. The average Bonchev–Trinajstić information content (AvgIpc) is 2.81. The van der Waals surface area contributed by atoms with E-state index in [4.69, 9.17) is 4.74 Å². The number of ether oxygens (including phenoxy) is 1. The molecule has 1 spiro atoms. The number of amides is 1. The summed E-state index contributed by atoms with van der Waals surface area (Å²) in [7, 11) is 0. The van der Waals surface area contributed by atoms with Crippen molar-refractivity contribution in [2.45, 2.75) is 32.1 Å². The standard InChI is InChI=1S/C12H19NO2/c14-11(7-10-1-2-10)13-5-3-12(8-13)4-6-15-9-12/h10H,1-9H2/t12-/m1/s1. The largest absolute Gasteiger partial charge is 0.381 e. The first-order valence-corrected chi connectivity index (χ1v) is 6.13. The van der Waals surface area contributed by atoms with E-state index in [1.54, 1.807) is 0 Å². The molecule has 1 saturated carbocycles. The summed E-state index contributed by atoms with van der Waals surface area (Å²) in [6.07, 6.45) is 5.65. The van der Waals surface area contributed by atoms with Gasteiger partial charge in [0.15, 0.2) is 0 Å². The molecule has 2 heterocycles. The molecule has 0 bridgehead atoms. The molecule has 1 amide bonds. The Morgan fingerprint density at radius 2 is 2.27 bits per heavy atom. The minimum Gasteiger partial charge on any atom is -0.381 e. The van der Waals surface area contributed by atoms with E-state index < -0.39 is 0 Å². The second-order valence-corrected chi connectivity index (χ2v) is 5.52. The average molecular weight is 209 g/mol. The van der Waals surface area contributed by atoms with Crippen molar-refractivity contribution >= 4 is 5.91 Å². The molecule has 2 aliphatic heterocycles. The Hall–Kier alpha value is -0.570. The molecule has 0 unspecified atom stereocenters. The van der Waals surface area contributed by atoms with Crippen molar-refractivity contribution in [2.75, 3.05) is 26.3 Å². The van der Waals surface area contributed by atoms with Crippen molar-refractivity contribution in [2.24, 2.45) is 11.3 Å². The molecule has 3 aliphatic rings. The first-order valence-electron chi connectivity index (χ1n) is 6.13. The lowest BCUT2D eigenvalue weighted by Gasteiger charge is -2.21. The summed E-state index contributed by atoms with van der Waals surface area (Å²) < 4.78 is 5.47. The highest BCUT2D eigenvalue weighted by Crippen LogP contribution is 2.39. The van der Waals surface area contributed by atoms with Crippen LogP contribution in [0.25, 0.3) is 0 Å². The summed E-state index contributed by atoms with van der Waals surface area (Å²) in [5.41, 5.74) is 0.333. The van der Waals surface area contributed by atoms with Crippen LogP contribution in [0.1, 0.15) is 32.1 Å². The van der Waals surface area contributed by atoms with Crippen LogP contribution in [0.4, 0.5) is 0 Å². The highest BCUT2D eigenvalue weighted by molar-refractivity contribution is 5.77. The lowest BCUT2D eigenvalue weighted by Crippen LogP contribution is -2.32. The van der Waals surface area contributed by atoms with E-state index in [1.165, 1.54) is 12.8 Å². The minimum absolute atomic E-state index is 0.333. The topological polar surface area (TPSA) is 29.5 Å². The van der Waals surface area contributed by atoms with Gasteiger partial charge in [-0.2, -0.15) is 0 Å². The van der Waals surface area contributed by atoms with Gasteiger partial charge in [-0.15, -0.1) is 0 Å². The Bertz CT molecular complexity index is 267. The maximum Gasteiger partial charge on any atom is 0.222 e. The summed E-state index contributed by atoms with van der Waals surface area (Å²) in [4.78, 5) is 14.0. The zero-order chi connectivity index (χ0) is 10.3. The van der Waals surface area contributed by atoms with E-state index >= 15 is 0 Å². The third-order valence-electron chi connectivity index (χ3n) is 4.14. The third-order valence-corrected chi connectivity index (χ3v) is 4.14. The van der Waals surface area contributed by atoms with Crippen LogP contribution in [-0.2, 0) is 9.53 Å². The Kier molecular flexibility index (Phi) is 2.23. The lowest BCUT2D eigenvalue weighted by atomic mass is 9.87. The molecule has 3 rings (SSSR count).